The molecule has 0 aromatic rings. The molecule has 3 atom stereocenters. The van der Waals surface area contributed by atoms with Gasteiger partial charge in [-0.25, -0.2) is 0 Å². The molecule has 2 fully saturated rings. The number of hydrogen-bond acceptors (Lipinski definition) is 3. The van der Waals surface area contributed by atoms with Crippen molar-refractivity contribution in [2.24, 2.45) is 4.99 Å². The first-order valence-electron chi connectivity index (χ1n) is 10.8. The summed E-state index contributed by atoms with van der Waals surface area (Å²) in [5.41, 5.74) is 0. The third kappa shape index (κ3) is 9.92. The highest BCUT2D eigenvalue weighted by Gasteiger charge is 2.25. The normalized spacial score (nSPS) is 25.5. The molecule has 5 nitrogen and oxygen atoms in total. The molecule has 7 heteroatoms. The first-order chi connectivity index (χ1) is 12.7. The van der Waals surface area contributed by atoms with E-state index in [0.717, 1.165) is 37.5 Å². The second-order valence-corrected chi connectivity index (χ2v) is 9.77. The van der Waals surface area contributed by atoms with E-state index in [2.05, 4.69) is 20.5 Å². The van der Waals surface area contributed by atoms with Gasteiger partial charge >= 0.3 is 0 Å². The summed E-state index contributed by atoms with van der Waals surface area (Å²) in [6, 6.07) is 0.412. The zero-order valence-corrected chi connectivity index (χ0v) is 20.5. The average molecular weight is 513 g/mol. The van der Waals surface area contributed by atoms with Gasteiger partial charge in [0.15, 0.2) is 5.96 Å². The van der Waals surface area contributed by atoms with Crippen LogP contribution in [0.1, 0.15) is 71.1 Å². The lowest BCUT2D eigenvalue weighted by Crippen LogP contribution is -2.46. The van der Waals surface area contributed by atoms with E-state index in [1.165, 1.54) is 64.6 Å². The number of aliphatic imine (C=N–C) groups is 1. The van der Waals surface area contributed by atoms with Crippen LogP contribution in [0.15, 0.2) is 4.99 Å². The summed E-state index contributed by atoms with van der Waals surface area (Å²) < 4.78 is 12.1. The number of halogens is 1. The van der Waals surface area contributed by atoms with Crippen LogP contribution >= 0.6 is 24.0 Å². The number of hydrogen-bond donors (Lipinski definition) is 2. The molecule has 1 aliphatic carbocycles. The Morgan fingerprint density at radius 3 is 2.59 bits per heavy atom. The molecule has 0 amide bonds. The number of likely N-dealkylation sites (tertiary alicyclic amines) is 1. The lowest BCUT2D eigenvalue weighted by atomic mass is 9.95. The molecule has 2 N–H and O–H groups in total. The molecule has 0 aromatic carbocycles. The van der Waals surface area contributed by atoms with Crippen LogP contribution in [0.2, 0.25) is 0 Å². The number of nitrogens with zero attached hydrogens (tertiary/aromatic N) is 2. The number of unbranched alkanes of at least 4 members (excludes halogenated alkanes) is 2. The van der Waals surface area contributed by atoms with E-state index in [-0.39, 0.29) is 24.0 Å². The molecule has 0 spiro atoms. The van der Waals surface area contributed by atoms with Crippen LogP contribution in [0.3, 0.4) is 0 Å². The fraction of sp³-hybridized carbons (Fsp3) is 0.950. The summed E-state index contributed by atoms with van der Waals surface area (Å²) in [6.45, 7) is 6.89. The lowest BCUT2D eigenvalue weighted by molar-refractivity contribution is 0.224. The van der Waals surface area contributed by atoms with Gasteiger partial charge in [-0.15, -0.1) is 24.0 Å². The molecular weight excluding hydrogens is 471 g/mol. The van der Waals surface area contributed by atoms with Gasteiger partial charge in [-0.05, 0) is 64.6 Å². The molecule has 0 aromatic heterocycles. The van der Waals surface area contributed by atoms with Crippen LogP contribution in [0.4, 0.5) is 0 Å². The second-order valence-electron chi connectivity index (χ2n) is 7.76. The summed E-state index contributed by atoms with van der Waals surface area (Å²) >= 11 is 0. The van der Waals surface area contributed by atoms with Crippen molar-refractivity contribution in [1.29, 1.82) is 0 Å². The maximum absolute atomic E-state index is 12.1. The van der Waals surface area contributed by atoms with Gasteiger partial charge in [-0.1, -0.05) is 26.2 Å². The largest absolute Gasteiger partial charge is 0.356 e. The van der Waals surface area contributed by atoms with Crippen molar-refractivity contribution < 1.29 is 4.21 Å². The summed E-state index contributed by atoms with van der Waals surface area (Å²) in [4.78, 5) is 7.00. The number of rotatable bonds is 9. The van der Waals surface area contributed by atoms with Gasteiger partial charge in [-0.2, -0.15) is 0 Å². The Bertz CT molecular complexity index is 444. The Morgan fingerprint density at radius 1 is 1.11 bits per heavy atom. The predicted octanol–water partition coefficient (Wildman–Crippen LogP) is 3.51. The van der Waals surface area contributed by atoms with Crippen molar-refractivity contribution in [1.82, 2.24) is 15.5 Å². The first kappa shape index (κ1) is 25.1. The van der Waals surface area contributed by atoms with Gasteiger partial charge in [0.05, 0.1) is 0 Å². The Labute approximate surface area is 186 Å². The standard InChI is InChI=1S/C20H40N4OS.HI/c1-3-26(25)19-12-10-11-18(17-19)23-20(21-2)22-13-6-4-7-14-24-15-8-5-9-16-24;/h18-19H,3-17H2,1-2H3,(H2,21,22,23);1H. The van der Waals surface area contributed by atoms with Crippen LogP contribution < -0.4 is 10.6 Å². The fourth-order valence-corrected chi connectivity index (χ4v) is 5.51. The Kier molecular flexibility index (Phi) is 14.0. The summed E-state index contributed by atoms with van der Waals surface area (Å²) in [5, 5.41) is 7.38. The molecule has 1 aliphatic heterocycles. The predicted molar refractivity (Wildman–Crippen MR) is 129 cm³/mol. The Hall–Kier alpha value is 0.110. The Balaban J connectivity index is 0.00000364. The van der Waals surface area contributed by atoms with E-state index >= 15 is 0 Å². The van der Waals surface area contributed by atoms with Crippen molar-refractivity contribution in [2.45, 2.75) is 82.4 Å². The molecule has 1 heterocycles. The minimum atomic E-state index is -0.667. The zero-order valence-electron chi connectivity index (χ0n) is 17.4. The maximum atomic E-state index is 12.1. The van der Waals surface area contributed by atoms with Crippen molar-refractivity contribution >= 4 is 40.7 Å². The van der Waals surface area contributed by atoms with Crippen molar-refractivity contribution in [2.75, 3.05) is 39.0 Å². The van der Waals surface area contributed by atoms with Crippen molar-refractivity contribution in [3.63, 3.8) is 0 Å². The van der Waals surface area contributed by atoms with Crippen LogP contribution in [0, 0.1) is 0 Å². The monoisotopic (exact) mass is 512 g/mol. The topological polar surface area (TPSA) is 56.7 Å². The second kappa shape index (κ2) is 15.0. The van der Waals surface area contributed by atoms with E-state index < -0.39 is 10.8 Å². The molecule has 160 valence electrons. The zero-order chi connectivity index (χ0) is 18.6. The average Bonchev–Trinajstić information content (AvgIpc) is 2.70. The molecule has 2 aliphatic rings. The van der Waals surface area contributed by atoms with Crippen LogP contribution in [0.25, 0.3) is 0 Å². The smallest absolute Gasteiger partial charge is 0.191 e. The van der Waals surface area contributed by atoms with Crippen molar-refractivity contribution in [3.05, 3.63) is 0 Å². The maximum Gasteiger partial charge on any atom is 0.191 e. The first-order valence-corrected chi connectivity index (χ1v) is 12.2. The van der Waals surface area contributed by atoms with E-state index in [0.29, 0.717) is 11.3 Å². The molecular formula is C20H41IN4OS. The van der Waals surface area contributed by atoms with Gasteiger partial charge in [0, 0.05) is 41.4 Å². The van der Waals surface area contributed by atoms with Crippen molar-refractivity contribution in [3.8, 4) is 0 Å². The minimum absolute atomic E-state index is 0. The highest BCUT2D eigenvalue weighted by molar-refractivity contribution is 14.0. The molecule has 1 saturated heterocycles. The van der Waals surface area contributed by atoms with E-state index in [4.69, 9.17) is 0 Å². The SMILES string of the molecule is CCS(=O)C1CCCC(NC(=NC)NCCCCCN2CCCCC2)C1.I. The molecule has 3 unspecified atom stereocenters. The highest BCUT2D eigenvalue weighted by atomic mass is 127. The number of piperidine rings is 1. The number of guanidine groups is 1. The van der Waals surface area contributed by atoms with E-state index in [1.807, 2.05) is 14.0 Å². The molecule has 1 saturated carbocycles. The van der Waals surface area contributed by atoms with Gasteiger partial charge in [0.25, 0.3) is 0 Å². The van der Waals surface area contributed by atoms with Crippen LogP contribution in [-0.2, 0) is 10.8 Å². The molecule has 0 bridgehead atoms. The molecule has 0 radical (unpaired) electrons. The van der Waals surface area contributed by atoms with E-state index in [1.54, 1.807) is 0 Å². The van der Waals surface area contributed by atoms with Gasteiger partial charge in [0.2, 0.25) is 0 Å². The van der Waals surface area contributed by atoms with Gasteiger partial charge < -0.3 is 15.5 Å². The van der Waals surface area contributed by atoms with E-state index in [9.17, 15) is 4.21 Å². The Morgan fingerprint density at radius 2 is 1.89 bits per heavy atom. The summed E-state index contributed by atoms with van der Waals surface area (Å²) in [7, 11) is 1.18. The lowest BCUT2D eigenvalue weighted by Gasteiger charge is -2.30. The summed E-state index contributed by atoms with van der Waals surface area (Å²) in [5.74, 6) is 1.69. The minimum Gasteiger partial charge on any atom is -0.356 e. The molecule has 2 rings (SSSR count). The van der Waals surface area contributed by atoms with Crippen LogP contribution in [-0.4, -0.2) is 65.3 Å². The third-order valence-electron chi connectivity index (χ3n) is 5.74. The fourth-order valence-electron chi connectivity index (χ4n) is 4.17. The highest BCUT2D eigenvalue weighted by Crippen LogP contribution is 2.22. The van der Waals surface area contributed by atoms with Gasteiger partial charge in [0.1, 0.15) is 0 Å². The third-order valence-corrected chi connectivity index (χ3v) is 7.48. The quantitative estimate of drug-likeness (QED) is 0.215. The van der Waals surface area contributed by atoms with Gasteiger partial charge in [-0.3, -0.25) is 9.20 Å². The van der Waals surface area contributed by atoms with Crippen LogP contribution in [0.5, 0.6) is 0 Å². The summed E-state index contributed by atoms with van der Waals surface area (Å²) in [6.07, 6.45) is 12.4. The molecule has 27 heavy (non-hydrogen) atoms. The number of nitrogens with one attached hydrogen (secondary N) is 2.